The molecule has 2 aromatic carbocycles. The number of nitrogens with one attached hydrogen (secondary N) is 1. The Morgan fingerprint density at radius 1 is 1.24 bits per heavy atom. The van der Waals surface area contributed by atoms with Crippen molar-refractivity contribution in [1.82, 2.24) is 9.97 Å². The van der Waals surface area contributed by atoms with Crippen LogP contribution in [0.2, 0.25) is 0 Å². The maximum absolute atomic E-state index is 13.2. The first kappa shape index (κ1) is 22.4. The number of ether oxygens (including phenoxy) is 2. The summed E-state index contributed by atoms with van der Waals surface area (Å²) in [5.41, 5.74) is 1.38. The molecule has 12 heteroatoms. The van der Waals surface area contributed by atoms with Gasteiger partial charge in [0.1, 0.15) is 28.0 Å². The van der Waals surface area contributed by atoms with E-state index in [2.05, 4.69) is 31.2 Å². The van der Waals surface area contributed by atoms with E-state index in [1.807, 2.05) is 6.07 Å². The minimum atomic E-state index is -3.52. The number of aromatic nitrogens is 2. The number of halogens is 1. The fourth-order valence-corrected chi connectivity index (χ4v) is 5.79. The number of benzene rings is 2. The SMILES string of the molecule is COc1ccc(Br)c(N2Cc3cnc(NC4CS(=O)(=O)c5ccccc5O4)nc3N(C)C2=O)c1. The van der Waals surface area contributed by atoms with Crippen molar-refractivity contribution in [3.63, 3.8) is 0 Å². The molecule has 0 spiro atoms. The molecular formula is C22H20BrN5O5S. The van der Waals surface area contributed by atoms with Gasteiger partial charge in [0, 0.05) is 29.3 Å². The Labute approximate surface area is 204 Å². The molecule has 0 bridgehead atoms. The third-order valence-electron chi connectivity index (χ3n) is 5.56. The molecule has 2 amide bonds. The second-order valence-corrected chi connectivity index (χ2v) is 10.6. The van der Waals surface area contributed by atoms with Gasteiger partial charge >= 0.3 is 6.03 Å². The lowest BCUT2D eigenvalue weighted by molar-refractivity contribution is 0.237. The molecule has 0 fully saturated rings. The second-order valence-electron chi connectivity index (χ2n) is 7.77. The average molecular weight is 546 g/mol. The van der Waals surface area contributed by atoms with Crippen LogP contribution in [0.3, 0.4) is 0 Å². The zero-order chi connectivity index (χ0) is 24.0. The van der Waals surface area contributed by atoms with Gasteiger partial charge in [-0.25, -0.2) is 18.2 Å². The molecule has 2 aliphatic rings. The maximum Gasteiger partial charge on any atom is 0.330 e. The van der Waals surface area contributed by atoms with Crippen LogP contribution in [0.1, 0.15) is 5.56 Å². The highest BCUT2D eigenvalue weighted by molar-refractivity contribution is 9.10. The number of fused-ring (bicyclic) bond motifs is 2. The summed E-state index contributed by atoms with van der Waals surface area (Å²) in [6.45, 7) is 0.256. The second kappa shape index (κ2) is 8.44. The van der Waals surface area contributed by atoms with E-state index < -0.39 is 16.1 Å². The van der Waals surface area contributed by atoms with Crippen LogP contribution in [0.25, 0.3) is 0 Å². The number of hydrogen-bond acceptors (Lipinski definition) is 8. The number of sulfone groups is 1. The van der Waals surface area contributed by atoms with Gasteiger partial charge < -0.3 is 14.8 Å². The van der Waals surface area contributed by atoms with Crippen molar-refractivity contribution in [2.24, 2.45) is 0 Å². The monoisotopic (exact) mass is 545 g/mol. The van der Waals surface area contributed by atoms with Crippen molar-refractivity contribution in [2.75, 3.05) is 35.0 Å². The summed E-state index contributed by atoms with van der Waals surface area (Å²) in [6, 6.07) is 11.6. The van der Waals surface area contributed by atoms with Gasteiger partial charge in [0.05, 0.1) is 19.3 Å². The Hall–Kier alpha value is -3.38. The van der Waals surface area contributed by atoms with Gasteiger partial charge in [0.2, 0.25) is 5.95 Å². The Morgan fingerprint density at radius 2 is 2.03 bits per heavy atom. The third-order valence-corrected chi connectivity index (χ3v) is 7.98. The molecule has 0 aliphatic carbocycles. The third kappa shape index (κ3) is 3.92. The molecule has 3 aromatic rings. The smallest absolute Gasteiger partial charge is 0.330 e. The average Bonchev–Trinajstić information content (AvgIpc) is 2.82. The van der Waals surface area contributed by atoms with Crippen LogP contribution in [0.5, 0.6) is 11.5 Å². The van der Waals surface area contributed by atoms with Crippen LogP contribution in [0.4, 0.5) is 22.2 Å². The highest BCUT2D eigenvalue weighted by Crippen LogP contribution is 2.36. The van der Waals surface area contributed by atoms with E-state index in [0.717, 1.165) is 10.0 Å². The lowest BCUT2D eigenvalue weighted by Gasteiger charge is -2.34. The molecule has 1 N–H and O–H groups in total. The predicted octanol–water partition coefficient (Wildman–Crippen LogP) is 3.43. The largest absolute Gasteiger partial charge is 0.497 e. The molecule has 0 saturated heterocycles. The number of methoxy groups -OCH3 is 1. The number of amides is 2. The minimum absolute atomic E-state index is 0.161. The Morgan fingerprint density at radius 3 is 2.82 bits per heavy atom. The van der Waals surface area contributed by atoms with Gasteiger partial charge in [0.25, 0.3) is 0 Å². The Bertz CT molecular complexity index is 1400. The summed E-state index contributed by atoms with van der Waals surface area (Å²) in [5.74, 6) is 1.22. The number of hydrogen-bond donors (Lipinski definition) is 1. The van der Waals surface area contributed by atoms with E-state index >= 15 is 0 Å². The fraction of sp³-hybridized carbons (Fsp3) is 0.227. The summed E-state index contributed by atoms with van der Waals surface area (Å²) >= 11 is 3.50. The van der Waals surface area contributed by atoms with Gasteiger partial charge in [-0.2, -0.15) is 4.98 Å². The normalized spacial score (nSPS) is 18.6. The van der Waals surface area contributed by atoms with E-state index in [1.54, 1.807) is 55.6 Å². The number of rotatable bonds is 4. The Kier molecular flexibility index (Phi) is 5.56. The first-order valence-corrected chi connectivity index (χ1v) is 12.7. The molecule has 1 atom stereocenters. The molecule has 1 aromatic heterocycles. The number of anilines is 3. The van der Waals surface area contributed by atoms with Crippen molar-refractivity contribution in [3.8, 4) is 11.5 Å². The number of carbonyl (C=O) groups is 1. The van der Waals surface area contributed by atoms with Crippen LogP contribution in [-0.4, -0.2) is 50.6 Å². The zero-order valence-corrected chi connectivity index (χ0v) is 20.6. The molecule has 10 nitrogen and oxygen atoms in total. The van der Waals surface area contributed by atoms with E-state index in [-0.39, 0.29) is 34.9 Å². The summed E-state index contributed by atoms with van der Waals surface area (Å²) < 4.78 is 37.1. The molecular weight excluding hydrogens is 526 g/mol. The van der Waals surface area contributed by atoms with Crippen LogP contribution in [0, 0.1) is 0 Å². The van der Waals surface area contributed by atoms with Crippen LogP contribution in [0.15, 0.2) is 58.0 Å². The number of para-hydroxylation sites is 1. The van der Waals surface area contributed by atoms with Gasteiger partial charge in [-0.15, -0.1) is 0 Å². The molecule has 2 aliphatic heterocycles. The van der Waals surface area contributed by atoms with Crippen molar-refractivity contribution < 1.29 is 22.7 Å². The fourth-order valence-electron chi connectivity index (χ4n) is 3.89. The number of carbonyl (C=O) groups excluding carboxylic acids is 1. The van der Waals surface area contributed by atoms with Gasteiger partial charge in [-0.3, -0.25) is 9.80 Å². The summed E-state index contributed by atoms with van der Waals surface area (Å²) in [7, 11) is -0.340. The van der Waals surface area contributed by atoms with Crippen molar-refractivity contribution in [2.45, 2.75) is 17.7 Å². The first-order valence-electron chi connectivity index (χ1n) is 10.3. The van der Waals surface area contributed by atoms with E-state index in [9.17, 15) is 13.2 Å². The predicted molar refractivity (Wildman–Crippen MR) is 129 cm³/mol. The number of nitrogens with zero attached hydrogens (tertiary/aromatic N) is 4. The van der Waals surface area contributed by atoms with Crippen molar-refractivity contribution in [1.29, 1.82) is 0 Å². The van der Waals surface area contributed by atoms with Crippen LogP contribution in [-0.2, 0) is 16.4 Å². The molecule has 34 heavy (non-hydrogen) atoms. The molecule has 5 rings (SSSR count). The van der Waals surface area contributed by atoms with E-state index in [4.69, 9.17) is 9.47 Å². The zero-order valence-electron chi connectivity index (χ0n) is 18.2. The lowest BCUT2D eigenvalue weighted by atomic mass is 10.2. The maximum atomic E-state index is 13.2. The summed E-state index contributed by atoms with van der Waals surface area (Å²) in [4.78, 5) is 25.2. The first-order chi connectivity index (χ1) is 16.3. The van der Waals surface area contributed by atoms with Crippen LogP contribution < -0.4 is 24.6 Å². The highest BCUT2D eigenvalue weighted by atomic mass is 79.9. The van der Waals surface area contributed by atoms with Gasteiger partial charge in [-0.1, -0.05) is 12.1 Å². The molecule has 176 valence electrons. The highest BCUT2D eigenvalue weighted by Gasteiger charge is 2.34. The molecule has 0 radical (unpaired) electrons. The standard InChI is InChI=1S/C22H20BrN5O5S/c1-27-20-13(11-28(22(27)29)16-9-14(32-2)7-8-15(16)23)10-24-21(26-20)25-19-12-34(30,31)18-6-4-3-5-17(18)33-19/h3-10,19H,11-12H2,1-2H3,(H,24,25,26). The quantitative estimate of drug-likeness (QED) is 0.530. The molecule has 3 heterocycles. The van der Waals surface area contributed by atoms with E-state index in [1.165, 1.54) is 11.0 Å². The minimum Gasteiger partial charge on any atom is -0.497 e. The molecule has 0 saturated carbocycles. The Balaban J connectivity index is 1.41. The van der Waals surface area contributed by atoms with Crippen LogP contribution >= 0.6 is 15.9 Å². The summed E-state index contributed by atoms with van der Waals surface area (Å²) in [6.07, 6.45) is 0.742. The lowest BCUT2D eigenvalue weighted by Crippen LogP contribution is -2.46. The van der Waals surface area contributed by atoms with Crippen molar-refractivity contribution >= 4 is 49.3 Å². The van der Waals surface area contributed by atoms with Gasteiger partial charge in [-0.05, 0) is 40.2 Å². The topological polar surface area (TPSA) is 114 Å². The summed E-state index contributed by atoms with van der Waals surface area (Å²) in [5, 5.41) is 2.93. The number of urea groups is 1. The molecule has 1 unspecified atom stereocenters. The van der Waals surface area contributed by atoms with E-state index in [0.29, 0.717) is 17.3 Å². The van der Waals surface area contributed by atoms with Gasteiger partial charge in [0.15, 0.2) is 16.1 Å². The van der Waals surface area contributed by atoms with Crippen molar-refractivity contribution in [3.05, 3.63) is 58.7 Å².